The van der Waals surface area contributed by atoms with Gasteiger partial charge in [-0.25, -0.2) is 0 Å². The lowest BCUT2D eigenvalue weighted by Crippen LogP contribution is -2.61. The first-order chi connectivity index (χ1) is 36.2. The van der Waals surface area contributed by atoms with Gasteiger partial charge in [-0.15, -0.1) is 0 Å². The Morgan fingerprint density at radius 1 is 0.554 bits per heavy atom. The Labute approximate surface area is 448 Å². The fraction of sp³-hybridized carbons (Fsp3) is 0.619. The summed E-state index contributed by atoms with van der Waals surface area (Å²) in [5, 5.41) is 56.7. The van der Waals surface area contributed by atoms with Crippen LogP contribution >= 0.6 is 0 Å². The molecule has 1 amide bonds. The molecule has 0 radical (unpaired) electrons. The standard InChI is InChI=1S/C63H101NO10/c1-4-7-10-13-16-19-22-25-27-28-29-31-32-35-38-41-44-47-50-56(67)62(71)64-54(55(66)49-46-43-40-37-34-24-21-18-15-12-9-6-3)53-72-63-61(60(70)59(69)57(52-65)73-63)74-58(68)51-48-45-42-39-36-33-30-26-23-20-17-14-11-8-5-2/h7-8,10-11,14,16-17,19-20,23,25-27,29-31,35,38,44,46-47,49,54-57,59-61,63,65-67,69-70H,4-6,9,12-13,15,18,21-22,24,28,32-34,36-37,39-43,45,48,50-53H2,1-3H3,(H,64,71)/b10-7-,11-8+,17-14+,19-16-,23-20+,27-25-,30-26-,31-29-,38-35-,47-44-,49-46+. The van der Waals surface area contributed by atoms with Crippen LogP contribution in [0.1, 0.15) is 188 Å². The van der Waals surface area contributed by atoms with E-state index in [2.05, 4.69) is 92.9 Å². The molecule has 8 unspecified atom stereocenters. The number of ether oxygens (including phenoxy) is 3. The smallest absolute Gasteiger partial charge is 0.306 e. The van der Waals surface area contributed by atoms with Crippen LogP contribution in [0.4, 0.5) is 0 Å². The summed E-state index contributed by atoms with van der Waals surface area (Å²) in [5.74, 6) is -1.32. The minimum Gasteiger partial charge on any atom is -0.454 e. The maximum Gasteiger partial charge on any atom is 0.306 e. The molecule has 1 rings (SSSR count). The quantitative estimate of drug-likeness (QED) is 0.0149. The number of carbonyl (C=O) groups is 2. The van der Waals surface area contributed by atoms with Crippen molar-refractivity contribution in [3.8, 4) is 0 Å². The first-order valence-electron chi connectivity index (χ1n) is 28.5. The predicted octanol–water partition coefficient (Wildman–Crippen LogP) is 12.9. The van der Waals surface area contributed by atoms with E-state index in [1.807, 2.05) is 54.7 Å². The van der Waals surface area contributed by atoms with Crippen LogP contribution in [0.15, 0.2) is 134 Å². The average molecular weight is 1030 g/mol. The number of aliphatic hydroxyl groups excluding tert-OH is 5. The number of carbonyl (C=O) groups excluding carboxylic acids is 2. The zero-order valence-electron chi connectivity index (χ0n) is 45.9. The van der Waals surface area contributed by atoms with Crippen molar-refractivity contribution in [2.24, 2.45) is 0 Å². The van der Waals surface area contributed by atoms with Gasteiger partial charge in [0, 0.05) is 12.8 Å². The Morgan fingerprint density at radius 3 is 1.57 bits per heavy atom. The third kappa shape index (κ3) is 37.5. The zero-order valence-corrected chi connectivity index (χ0v) is 45.9. The van der Waals surface area contributed by atoms with Crippen molar-refractivity contribution in [1.29, 1.82) is 0 Å². The molecule has 11 nitrogen and oxygen atoms in total. The Hall–Kier alpha value is -4.20. The number of aliphatic hydroxyl groups is 5. The van der Waals surface area contributed by atoms with Gasteiger partial charge in [0.25, 0.3) is 0 Å². The van der Waals surface area contributed by atoms with Crippen molar-refractivity contribution in [1.82, 2.24) is 5.32 Å². The van der Waals surface area contributed by atoms with E-state index in [4.69, 9.17) is 14.2 Å². The Morgan fingerprint density at radius 2 is 1.03 bits per heavy atom. The highest BCUT2D eigenvalue weighted by atomic mass is 16.7. The molecule has 0 aromatic carbocycles. The molecule has 0 spiro atoms. The number of allylic oxidation sites excluding steroid dienone is 20. The number of rotatable bonds is 45. The molecular formula is C63H101NO10. The van der Waals surface area contributed by atoms with Crippen LogP contribution in [0.2, 0.25) is 0 Å². The minimum atomic E-state index is -1.64. The van der Waals surface area contributed by atoms with E-state index < -0.39 is 67.4 Å². The monoisotopic (exact) mass is 1030 g/mol. The van der Waals surface area contributed by atoms with Crippen molar-refractivity contribution < 1.29 is 49.3 Å². The maximum atomic E-state index is 13.3. The van der Waals surface area contributed by atoms with Crippen molar-refractivity contribution in [2.75, 3.05) is 13.2 Å². The van der Waals surface area contributed by atoms with Gasteiger partial charge in [0.1, 0.15) is 24.4 Å². The van der Waals surface area contributed by atoms with Crippen LogP contribution in [0.25, 0.3) is 0 Å². The van der Waals surface area contributed by atoms with Crippen molar-refractivity contribution in [3.63, 3.8) is 0 Å². The fourth-order valence-electron chi connectivity index (χ4n) is 7.91. The molecule has 0 aliphatic carbocycles. The Kier molecular flexibility index (Phi) is 45.5. The number of amides is 1. The summed E-state index contributed by atoms with van der Waals surface area (Å²) in [4.78, 5) is 26.4. The number of unbranched alkanes of at least 4 members (excludes halogenated alkanes) is 15. The summed E-state index contributed by atoms with van der Waals surface area (Å²) >= 11 is 0. The molecule has 1 aliphatic heterocycles. The van der Waals surface area contributed by atoms with E-state index in [0.29, 0.717) is 12.8 Å². The van der Waals surface area contributed by atoms with Crippen LogP contribution in [0.5, 0.6) is 0 Å². The highest BCUT2D eigenvalue weighted by Crippen LogP contribution is 2.26. The van der Waals surface area contributed by atoms with E-state index in [9.17, 15) is 35.1 Å². The summed E-state index contributed by atoms with van der Waals surface area (Å²) < 4.78 is 17.5. The molecule has 0 aromatic rings. The van der Waals surface area contributed by atoms with Crippen LogP contribution < -0.4 is 5.32 Å². The third-order valence-electron chi connectivity index (χ3n) is 12.4. The molecule has 6 N–H and O–H groups in total. The second kappa shape index (κ2) is 49.7. The molecular weight excluding hydrogens is 931 g/mol. The third-order valence-corrected chi connectivity index (χ3v) is 12.4. The van der Waals surface area contributed by atoms with E-state index in [1.165, 1.54) is 44.9 Å². The first kappa shape index (κ1) is 67.8. The molecule has 0 bridgehead atoms. The van der Waals surface area contributed by atoms with Crippen LogP contribution in [0.3, 0.4) is 0 Å². The second-order valence-electron chi connectivity index (χ2n) is 19.0. The van der Waals surface area contributed by atoms with E-state index >= 15 is 0 Å². The van der Waals surface area contributed by atoms with Gasteiger partial charge in [-0.2, -0.15) is 0 Å². The van der Waals surface area contributed by atoms with Crippen molar-refractivity contribution in [3.05, 3.63) is 134 Å². The molecule has 1 saturated heterocycles. The van der Waals surface area contributed by atoms with Gasteiger partial charge in [-0.3, -0.25) is 9.59 Å². The number of hydrogen-bond donors (Lipinski definition) is 6. The SMILES string of the molecule is CC/C=C\C/C=C\C/C=C\C/C=C\C/C=C\C/C=C\CC(O)C(=O)NC(COC1OC(CO)C(O)C(O)C1OC(=O)CCCCCCC\C=C/C=C/C=C/C=C/CC)C(O)/C=C/CCCCCCCCCCCC. The molecule has 418 valence electrons. The summed E-state index contributed by atoms with van der Waals surface area (Å²) in [7, 11) is 0. The molecule has 11 heteroatoms. The summed E-state index contributed by atoms with van der Waals surface area (Å²) in [5.41, 5.74) is 0. The van der Waals surface area contributed by atoms with Gasteiger partial charge in [-0.05, 0) is 77.0 Å². The first-order valence-corrected chi connectivity index (χ1v) is 28.5. The van der Waals surface area contributed by atoms with Crippen molar-refractivity contribution >= 4 is 11.9 Å². The zero-order chi connectivity index (χ0) is 54.0. The highest BCUT2D eigenvalue weighted by Gasteiger charge is 2.47. The van der Waals surface area contributed by atoms with Crippen LogP contribution in [0, 0.1) is 0 Å². The number of hydrogen-bond acceptors (Lipinski definition) is 10. The van der Waals surface area contributed by atoms with E-state index in [0.717, 1.165) is 96.3 Å². The summed E-state index contributed by atoms with van der Waals surface area (Å²) in [6.07, 6.45) is 59.4. The van der Waals surface area contributed by atoms with Gasteiger partial charge >= 0.3 is 5.97 Å². The van der Waals surface area contributed by atoms with Crippen LogP contribution in [-0.2, 0) is 23.8 Å². The topological polar surface area (TPSA) is 175 Å². The fourth-order valence-corrected chi connectivity index (χ4v) is 7.91. The Balaban J connectivity index is 2.82. The van der Waals surface area contributed by atoms with Gasteiger partial charge in [0.15, 0.2) is 12.4 Å². The lowest BCUT2D eigenvalue weighted by molar-refractivity contribution is -0.305. The molecule has 74 heavy (non-hydrogen) atoms. The molecule has 1 fully saturated rings. The van der Waals surface area contributed by atoms with Gasteiger partial charge in [0.2, 0.25) is 5.91 Å². The largest absolute Gasteiger partial charge is 0.454 e. The molecule has 1 aliphatic rings. The Bertz CT molecular complexity index is 1710. The predicted molar refractivity (Wildman–Crippen MR) is 305 cm³/mol. The maximum absolute atomic E-state index is 13.3. The second-order valence-corrected chi connectivity index (χ2v) is 19.0. The van der Waals surface area contributed by atoms with E-state index in [-0.39, 0.29) is 19.4 Å². The van der Waals surface area contributed by atoms with Crippen molar-refractivity contribution in [2.45, 2.75) is 237 Å². The van der Waals surface area contributed by atoms with E-state index in [1.54, 1.807) is 12.2 Å². The number of esters is 1. The molecule has 0 aromatic heterocycles. The summed E-state index contributed by atoms with van der Waals surface area (Å²) in [6, 6.07) is -1.08. The van der Waals surface area contributed by atoms with Crippen LogP contribution in [-0.4, -0.2) is 99.6 Å². The normalized spacial score (nSPS) is 20.4. The van der Waals surface area contributed by atoms with Gasteiger partial charge in [-0.1, -0.05) is 231 Å². The van der Waals surface area contributed by atoms with Gasteiger partial charge in [0.05, 0.1) is 25.4 Å². The molecule has 8 atom stereocenters. The lowest BCUT2D eigenvalue weighted by atomic mass is 9.99. The average Bonchev–Trinajstić information content (AvgIpc) is 3.40. The molecule has 1 heterocycles. The summed E-state index contributed by atoms with van der Waals surface area (Å²) in [6.45, 7) is 5.44. The number of nitrogens with one attached hydrogen (secondary N) is 1. The minimum absolute atomic E-state index is 0.0476. The lowest BCUT2D eigenvalue weighted by Gasteiger charge is -2.41. The highest BCUT2D eigenvalue weighted by molar-refractivity contribution is 5.81. The molecule has 0 saturated carbocycles. The van der Waals surface area contributed by atoms with Gasteiger partial charge < -0.3 is 45.1 Å².